The standard InChI is InChI=1S/C21H26N4O3.ClH/c1-28-17-8-6-16(7-9-17)20(26)24-19-5-3-2-4-18(19)21(27)23-12-15-25-13-10-22-11-14-25;/h2-9,22H,10-15H2,1H3,(H,23,27)(H,24,26);1H. The number of halogens is 1. The number of para-hydroxylation sites is 1. The largest absolute Gasteiger partial charge is 0.497 e. The van der Waals surface area contributed by atoms with E-state index in [-0.39, 0.29) is 24.2 Å². The smallest absolute Gasteiger partial charge is 0.255 e. The number of carbonyl (C=O) groups excluding carboxylic acids is 2. The van der Waals surface area contributed by atoms with E-state index in [0.29, 0.717) is 29.1 Å². The van der Waals surface area contributed by atoms with E-state index in [1.807, 2.05) is 0 Å². The molecule has 3 N–H and O–H groups in total. The van der Waals surface area contributed by atoms with E-state index in [1.54, 1.807) is 55.6 Å². The molecule has 7 nitrogen and oxygen atoms in total. The van der Waals surface area contributed by atoms with Gasteiger partial charge in [-0.1, -0.05) is 12.1 Å². The Morgan fingerprint density at radius 1 is 1.03 bits per heavy atom. The molecule has 0 aromatic heterocycles. The van der Waals surface area contributed by atoms with Crippen LogP contribution in [0.3, 0.4) is 0 Å². The monoisotopic (exact) mass is 418 g/mol. The normalized spacial score (nSPS) is 13.8. The van der Waals surface area contributed by atoms with Crippen molar-refractivity contribution in [1.82, 2.24) is 15.5 Å². The minimum absolute atomic E-state index is 0. The SMILES string of the molecule is COc1ccc(C(=O)Nc2ccccc2C(=O)NCCN2CCNCC2)cc1.Cl. The van der Waals surface area contributed by atoms with Crippen LogP contribution in [0.15, 0.2) is 48.5 Å². The van der Waals surface area contributed by atoms with Gasteiger partial charge in [0.2, 0.25) is 0 Å². The van der Waals surface area contributed by atoms with E-state index in [2.05, 4.69) is 20.9 Å². The summed E-state index contributed by atoms with van der Waals surface area (Å²) in [6, 6.07) is 13.8. The highest BCUT2D eigenvalue weighted by Crippen LogP contribution is 2.17. The van der Waals surface area contributed by atoms with Gasteiger partial charge in [0.15, 0.2) is 0 Å². The minimum atomic E-state index is -0.274. The lowest BCUT2D eigenvalue weighted by atomic mass is 10.1. The van der Waals surface area contributed by atoms with Gasteiger partial charge in [0, 0.05) is 44.8 Å². The van der Waals surface area contributed by atoms with Crippen molar-refractivity contribution in [3.8, 4) is 5.75 Å². The second-order valence-electron chi connectivity index (χ2n) is 6.58. The fourth-order valence-electron chi connectivity index (χ4n) is 3.08. The van der Waals surface area contributed by atoms with Crippen molar-refractivity contribution >= 4 is 29.9 Å². The van der Waals surface area contributed by atoms with Gasteiger partial charge in [0.25, 0.3) is 11.8 Å². The molecule has 8 heteroatoms. The number of methoxy groups -OCH3 is 1. The summed E-state index contributed by atoms with van der Waals surface area (Å²) in [4.78, 5) is 27.4. The van der Waals surface area contributed by atoms with Crippen LogP contribution in [-0.2, 0) is 0 Å². The molecule has 1 aliphatic heterocycles. The summed E-state index contributed by atoms with van der Waals surface area (Å²) in [7, 11) is 1.58. The molecule has 0 atom stereocenters. The third-order valence-electron chi connectivity index (χ3n) is 4.70. The van der Waals surface area contributed by atoms with Crippen LogP contribution in [0.4, 0.5) is 5.69 Å². The average Bonchev–Trinajstić information content (AvgIpc) is 2.75. The van der Waals surface area contributed by atoms with Gasteiger partial charge in [-0.3, -0.25) is 14.5 Å². The molecule has 0 unspecified atom stereocenters. The van der Waals surface area contributed by atoms with Crippen molar-refractivity contribution in [2.45, 2.75) is 0 Å². The average molecular weight is 419 g/mol. The Hall–Kier alpha value is -2.61. The summed E-state index contributed by atoms with van der Waals surface area (Å²) >= 11 is 0. The summed E-state index contributed by atoms with van der Waals surface area (Å²) in [6.07, 6.45) is 0. The number of hydrogen-bond acceptors (Lipinski definition) is 5. The molecular formula is C21H27ClN4O3. The highest BCUT2D eigenvalue weighted by Gasteiger charge is 2.15. The first-order chi connectivity index (χ1) is 13.7. The number of anilines is 1. The van der Waals surface area contributed by atoms with Crippen LogP contribution in [0, 0.1) is 0 Å². The Bertz CT molecular complexity index is 808. The number of hydrogen-bond donors (Lipinski definition) is 3. The first-order valence-electron chi connectivity index (χ1n) is 9.43. The number of carbonyl (C=O) groups is 2. The maximum atomic E-state index is 12.6. The highest BCUT2D eigenvalue weighted by molar-refractivity contribution is 6.09. The van der Waals surface area contributed by atoms with E-state index in [9.17, 15) is 9.59 Å². The molecule has 0 radical (unpaired) electrons. The van der Waals surface area contributed by atoms with E-state index < -0.39 is 0 Å². The number of rotatable bonds is 7. The van der Waals surface area contributed by atoms with E-state index in [0.717, 1.165) is 32.7 Å². The molecule has 1 saturated heterocycles. The van der Waals surface area contributed by atoms with Crippen LogP contribution < -0.4 is 20.7 Å². The number of ether oxygens (including phenoxy) is 1. The fraction of sp³-hybridized carbons (Fsp3) is 0.333. The summed E-state index contributed by atoms with van der Waals surface area (Å²) in [5.41, 5.74) is 1.43. The number of nitrogens with zero attached hydrogens (tertiary/aromatic N) is 1. The lowest BCUT2D eigenvalue weighted by Gasteiger charge is -2.27. The maximum absolute atomic E-state index is 12.6. The van der Waals surface area contributed by atoms with Crippen molar-refractivity contribution in [1.29, 1.82) is 0 Å². The molecule has 2 aromatic rings. The van der Waals surface area contributed by atoms with Gasteiger partial charge in [0.1, 0.15) is 5.75 Å². The Labute approximate surface area is 177 Å². The Kier molecular flexibility index (Phi) is 8.92. The number of nitrogens with one attached hydrogen (secondary N) is 3. The summed E-state index contributed by atoms with van der Waals surface area (Å²) < 4.78 is 5.11. The van der Waals surface area contributed by atoms with Crippen molar-refractivity contribution in [3.63, 3.8) is 0 Å². The van der Waals surface area contributed by atoms with E-state index in [1.165, 1.54) is 0 Å². The number of piperazine rings is 1. The highest BCUT2D eigenvalue weighted by atomic mass is 35.5. The van der Waals surface area contributed by atoms with Crippen LogP contribution in [0.25, 0.3) is 0 Å². The predicted molar refractivity (Wildman–Crippen MR) is 116 cm³/mol. The topological polar surface area (TPSA) is 82.7 Å². The van der Waals surface area contributed by atoms with Gasteiger partial charge in [-0.2, -0.15) is 0 Å². The maximum Gasteiger partial charge on any atom is 0.255 e. The molecule has 0 spiro atoms. The van der Waals surface area contributed by atoms with Crippen LogP contribution in [0.5, 0.6) is 5.75 Å². The molecule has 2 aromatic carbocycles. The molecule has 1 fully saturated rings. The van der Waals surface area contributed by atoms with Gasteiger partial charge < -0.3 is 20.7 Å². The third kappa shape index (κ3) is 6.45. The molecule has 0 bridgehead atoms. The van der Waals surface area contributed by atoms with Gasteiger partial charge in [0.05, 0.1) is 18.4 Å². The lowest BCUT2D eigenvalue weighted by Crippen LogP contribution is -2.46. The first-order valence-corrected chi connectivity index (χ1v) is 9.43. The predicted octanol–water partition coefficient (Wildman–Crippen LogP) is 2.00. The molecule has 156 valence electrons. The third-order valence-corrected chi connectivity index (χ3v) is 4.70. The Morgan fingerprint density at radius 2 is 1.72 bits per heavy atom. The lowest BCUT2D eigenvalue weighted by molar-refractivity contribution is 0.0948. The van der Waals surface area contributed by atoms with Gasteiger partial charge >= 0.3 is 0 Å². The van der Waals surface area contributed by atoms with Crippen molar-refractivity contribution < 1.29 is 14.3 Å². The summed E-state index contributed by atoms with van der Waals surface area (Å²) in [5, 5.41) is 9.08. The second-order valence-corrected chi connectivity index (χ2v) is 6.58. The Morgan fingerprint density at radius 3 is 2.41 bits per heavy atom. The summed E-state index contributed by atoms with van der Waals surface area (Å²) in [5.74, 6) is 0.213. The van der Waals surface area contributed by atoms with E-state index >= 15 is 0 Å². The fourth-order valence-corrected chi connectivity index (χ4v) is 3.08. The molecule has 2 amide bonds. The van der Waals surface area contributed by atoms with Gasteiger partial charge in [-0.05, 0) is 36.4 Å². The van der Waals surface area contributed by atoms with Gasteiger partial charge in [-0.15, -0.1) is 12.4 Å². The quantitative estimate of drug-likeness (QED) is 0.640. The minimum Gasteiger partial charge on any atom is -0.497 e. The molecule has 0 aliphatic carbocycles. The molecule has 1 heterocycles. The first kappa shape index (κ1) is 22.7. The Balaban J connectivity index is 0.00000300. The van der Waals surface area contributed by atoms with Crippen LogP contribution >= 0.6 is 12.4 Å². The second kappa shape index (κ2) is 11.4. The molecule has 3 rings (SSSR count). The molecule has 29 heavy (non-hydrogen) atoms. The van der Waals surface area contributed by atoms with Crippen molar-refractivity contribution in [3.05, 3.63) is 59.7 Å². The summed E-state index contributed by atoms with van der Waals surface area (Å²) in [6.45, 7) is 5.32. The van der Waals surface area contributed by atoms with Crippen molar-refractivity contribution in [2.24, 2.45) is 0 Å². The van der Waals surface area contributed by atoms with Gasteiger partial charge in [-0.25, -0.2) is 0 Å². The molecular weight excluding hydrogens is 392 g/mol. The van der Waals surface area contributed by atoms with Crippen LogP contribution in [-0.4, -0.2) is 63.1 Å². The van der Waals surface area contributed by atoms with Crippen LogP contribution in [0.2, 0.25) is 0 Å². The van der Waals surface area contributed by atoms with E-state index in [4.69, 9.17) is 4.74 Å². The van der Waals surface area contributed by atoms with Crippen LogP contribution in [0.1, 0.15) is 20.7 Å². The molecule has 0 saturated carbocycles. The number of amides is 2. The zero-order valence-corrected chi connectivity index (χ0v) is 17.3. The van der Waals surface area contributed by atoms with Crippen molar-refractivity contribution in [2.75, 3.05) is 51.7 Å². The zero-order chi connectivity index (χ0) is 19.8. The zero-order valence-electron chi connectivity index (χ0n) is 16.4. The number of benzene rings is 2. The molecule has 1 aliphatic rings.